The minimum atomic E-state index is -4.62. The van der Waals surface area contributed by atoms with Crippen molar-refractivity contribution in [3.63, 3.8) is 0 Å². The number of hydrogen-bond acceptors (Lipinski definition) is 6. The van der Waals surface area contributed by atoms with Crippen LogP contribution in [0.1, 0.15) is 22.3 Å². The van der Waals surface area contributed by atoms with Crippen molar-refractivity contribution in [1.29, 1.82) is 0 Å². The van der Waals surface area contributed by atoms with Gasteiger partial charge < -0.3 is 10.1 Å². The van der Waals surface area contributed by atoms with Crippen LogP contribution in [0.4, 0.5) is 18.9 Å². The monoisotopic (exact) mass is 460 g/mol. The third-order valence-corrected chi connectivity index (χ3v) is 5.64. The van der Waals surface area contributed by atoms with E-state index in [-0.39, 0.29) is 30.2 Å². The number of benzene rings is 2. The predicted octanol–water partition coefficient (Wildman–Crippen LogP) is 3.27. The highest BCUT2D eigenvalue weighted by Crippen LogP contribution is 2.26. The molecule has 0 aliphatic carbocycles. The predicted molar refractivity (Wildman–Crippen MR) is 106 cm³/mol. The van der Waals surface area contributed by atoms with Crippen molar-refractivity contribution in [1.82, 2.24) is 5.32 Å². The van der Waals surface area contributed by atoms with Gasteiger partial charge in [0.25, 0.3) is 11.6 Å². The molecule has 2 rings (SSSR count). The summed E-state index contributed by atoms with van der Waals surface area (Å²) in [5.41, 5.74) is -0.483. The molecule has 1 N–H and O–H groups in total. The summed E-state index contributed by atoms with van der Waals surface area (Å²) in [6.45, 7) is -1.72. The van der Waals surface area contributed by atoms with Gasteiger partial charge in [0.1, 0.15) is 11.3 Å². The maximum Gasteiger partial charge on any atom is 0.422 e. The zero-order valence-electron chi connectivity index (χ0n) is 16.1. The molecule has 168 valence electrons. The zero-order valence-corrected chi connectivity index (χ0v) is 16.9. The van der Waals surface area contributed by atoms with Crippen LogP contribution in [-0.2, 0) is 15.6 Å². The Morgan fingerprint density at radius 1 is 1.13 bits per heavy atom. The van der Waals surface area contributed by atoms with Gasteiger partial charge >= 0.3 is 6.18 Å². The van der Waals surface area contributed by atoms with Gasteiger partial charge in [0.15, 0.2) is 16.4 Å². The van der Waals surface area contributed by atoms with Crippen molar-refractivity contribution >= 4 is 21.4 Å². The quantitative estimate of drug-likeness (QED) is 0.331. The molecule has 0 saturated heterocycles. The summed E-state index contributed by atoms with van der Waals surface area (Å²) >= 11 is 0. The highest BCUT2D eigenvalue weighted by Gasteiger charge is 2.29. The summed E-state index contributed by atoms with van der Waals surface area (Å²) < 4.78 is 65.7. The molecular weight excluding hydrogens is 441 g/mol. The molecule has 0 aromatic heterocycles. The number of amides is 1. The first-order valence-electron chi connectivity index (χ1n) is 8.97. The van der Waals surface area contributed by atoms with E-state index in [2.05, 4.69) is 10.1 Å². The molecule has 0 fully saturated rings. The number of carbonyl (C=O) groups is 1. The molecule has 0 aliphatic heterocycles. The van der Waals surface area contributed by atoms with Crippen LogP contribution in [0, 0.1) is 10.1 Å². The molecule has 0 heterocycles. The lowest BCUT2D eigenvalue weighted by atomic mass is 10.1. The van der Waals surface area contributed by atoms with E-state index in [1.165, 1.54) is 0 Å². The highest BCUT2D eigenvalue weighted by molar-refractivity contribution is 7.90. The molecule has 2 aromatic rings. The van der Waals surface area contributed by atoms with E-state index >= 15 is 0 Å². The normalized spacial score (nSPS) is 11.7. The van der Waals surface area contributed by atoms with Gasteiger partial charge in [-0.2, -0.15) is 13.2 Å². The molecular formula is C19H19F3N2O6S. The maximum absolute atomic E-state index is 12.3. The summed E-state index contributed by atoms with van der Waals surface area (Å²) in [4.78, 5) is 22.6. The Labute approximate surface area is 176 Å². The van der Waals surface area contributed by atoms with Crippen LogP contribution in [0.15, 0.2) is 48.5 Å². The fourth-order valence-electron chi connectivity index (χ4n) is 2.60. The summed E-state index contributed by atoms with van der Waals surface area (Å²) in [5.74, 6) is -1.67. The molecule has 0 radical (unpaired) electrons. The molecule has 0 unspecified atom stereocenters. The molecule has 0 atom stereocenters. The number of carbonyl (C=O) groups excluding carboxylic acids is 1. The number of sulfone groups is 1. The third kappa shape index (κ3) is 8.24. The van der Waals surface area contributed by atoms with Gasteiger partial charge in [-0.05, 0) is 24.1 Å². The Hall–Kier alpha value is -3.15. The van der Waals surface area contributed by atoms with Crippen molar-refractivity contribution in [3.05, 3.63) is 69.8 Å². The van der Waals surface area contributed by atoms with E-state index in [1.54, 1.807) is 30.3 Å². The van der Waals surface area contributed by atoms with Crippen molar-refractivity contribution in [2.75, 3.05) is 18.9 Å². The molecule has 1 amide bonds. The first kappa shape index (κ1) is 24.1. The Bertz CT molecular complexity index is 1030. The molecule has 0 bridgehead atoms. The minimum Gasteiger partial charge on any atom is -0.484 e. The lowest BCUT2D eigenvalue weighted by Crippen LogP contribution is -2.27. The molecule has 31 heavy (non-hydrogen) atoms. The summed E-state index contributed by atoms with van der Waals surface area (Å²) in [6, 6.07) is 11.2. The van der Waals surface area contributed by atoms with E-state index in [4.69, 9.17) is 0 Å². The van der Waals surface area contributed by atoms with Crippen LogP contribution >= 0.6 is 0 Å². The van der Waals surface area contributed by atoms with Crippen molar-refractivity contribution in [3.8, 4) is 5.75 Å². The zero-order chi connectivity index (χ0) is 23.1. The van der Waals surface area contributed by atoms with E-state index in [0.29, 0.717) is 5.56 Å². The van der Waals surface area contributed by atoms with Crippen molar-refractivity contribution in [2.24, 2.45) is 0 Å². The fraction of sp³-hybridized carbons (Fsp3) is 0.316. The first-order valence-corrected chi connectivity index (χ1v) is 10.8. The maximum atomic E-state index is 12.3. The first-order chi connectivity index (χ1) is 14.5. The number of halogens is 3. The van der Waals surface area contributed by atoms with Crippen molar-refractivity contribution in [2.45, 2.75) is 18.3 Å². The average Bonchev–Trinajstić information content (AvgIpc) is 2.69. The third-order valence-electron chi connectivity index (χ3n) is 3.96. The molecule has 0 saturated carbocycles. The van der Waals surface area contributed by atoms with E-state index < -0.39 is 44.7 Å². The van der Waals surface area contributed by atoms with Gasteiger partial charge in [-0.1, -0.05) is 30.3 Å². The lowest BCUT2D eigenvalue weighted by molar-refractivity contribution is -0.385. The summed E-state index contributed by atoms with van der Waals surface area (Å²) in [5, 5.41) is 13.5. The number of nitro benzene ring substituents is 1. The number of ether oxygens (including phenoxy) is 1. The largest absolute Gasteiger partial charge is 0.484 e. The van der Waals surface area contributed by atoms with Crippen LogP contribution in [0.3, 0.4) is 0 Å². The average molecular weight is 460 g/mol. The van der Waals surface area contributed by atoms with E-state index in [9.17, 15) is 36.5 Å². The number of nitrogens with zero attached hydrogens (tertiary/aromatic N) is 1. The van der Waals surface area contributed by atoms with Gasteiger partial charge in [0.05, 0.1) is 16.4 Å². The number of alkyl halides is 3. The number of nitrogens with one attached hydrogen (secondary N) is 1. The summed E-state index contributed by atoms with van der Waals surface area (Å²) in [7, 11) is -3.43. The summed E-state index contributed by atoms with van der Waals surface area (Å²) in [6.07, 6.45) is -4.56. The number of nitro groups is 1. The molecule has 2 aromatic carbocycles. The van der Waals surface area contributed by atoms with Gasteiger partial charge in [-0.15, -0.1) is 0 Å². The molecule has 0 spiro atoms. The van der Waals surface area contributed by atoms with Gasteiger partial charge in [0.2, 0.25) is 0 Å². The smallest absolute Gasteiger partial charge is 0.422 e. The van der Waals surface area contributed by atoms with Gasteiger partial charge in [-0.25, -0.2) is 8.42 Å². The van der Waals surface area contributed by atoms with Crippen molar-refractivity contribution < 1.29 is 36.0 Å². The molecule has 12 heteroatoms. The van der Waals surface area contributed by atoms with Crippen LogP contribution in [0.25, 0.3) is 0 Å². The second-order valence-corrected chi connectivity index (χ2v) is 8.71. The molecule has 8 nitrogen and oxygen atoms in total. The van der Waals surface area contributed by atoms with E-state index in [0.717, 1.165) is 18.2 Å². The van der Waals surface area contributed by atoms with Crippen LogP contribution < -0.4 is 10.1 Å². The SMILES string of the molecule is O=C(NCCCS(=O)(=O)Cc1ccccc1)c1cc(OCC(F)(F)F)ccc1[N+](=O)[O-]. The van der Waals surface area contributed by atoms with Gasteiger partial charge in [-0.3, -0.25) is 14.9 Å². The Morgan fingerprint density at radius 3 is 2.42 bits per heavy atom. The number of hydrogen-bond donors (Lipinski definition) is 1. The standard InChI is InChI=1S/C19H19F3N2O6S/c20-19(21,22)13-30-15-7-8-17(24(26)27)16(11-15)18(25)23-9-4-10-31(28,29)12-14-5-2-1-3-6-14/h1-3,5-8,11H,4,9-10,12-13H2,(H,23,25). The second kappa shape index (κ2) is 10.2. The fourth-order valence-corrected chi connectivity index (χ4v) is 4.03. The molecule has 0 aliphatic rings. The highest BCUT2D eigenvalue weighted by atomic mass is 32.2. The number of rotatable bonds is 10. The Morgan fingerprint density at radius 2 is 1.81 bits per heavy atom. The second-order valence-electron chi connectivity index (χ2n) is 6.53. The Kier molecular flexibility index (Phi) is 7.97. The minimum absolute atomic E-state index is 0.0545. The van der Waals surface area contributed by atoms with E-state index in [1.807, 2.05) is 0 Å². The van der Waals surface area contributed by atoms with Crippen LogP contribution in [-0.4, -0.2) is 44.3 Å². The van der Waals surface area contributed by atoms with Crippen LogP contribution in [0.2, 0.25) is 0 Å². The topological polar surface area (TPSA) is 116 Å². The lowest BCUT2D eigenvalue weighted by Gasteiger charge is -2.11. The Balaban J connectivity index is 1.96. The van der Waals surface area contributed by atoms with Crippen LogP contribution in [0.5, 0.6) is 5.75 Å². The van der Waals surface area contributed by atoms with Gasteiger partial charge in [0, 0.05) is 12.6 Å².